The molecule has 0 saturated heterocycles. The molecule has 0 saturated carbocycles. The number of aromatic nitrogens is 1. The number of amides is 1. The number of nitrogens with one attached hydrogen (secondary N) is 1. The molecule has 0 spiro atoms. The zero-order chi connectivity index (χ0) is 22.0. The van der Waals surface area contributed by atoms with E-state index < -0.39 is 18.0 Å². The maximum Gasteiger partial charge on any atom is 0.311 e. The zero-order valence-electron chi connectivity index (χ0n) is 17.4. The summed E-state index contributed by atoms with van der Waals surface area (Å²) < 4.78 is 20.5. The van der Waals surface area contributed by atoms with Crippen molar-refractivity contribution in [1.82, 2.24) is 4.57 Å². The number of halogens is 1. The normalized spacial score (nSPS) is 12.1. The first-order valence-corrected chi connectivity index (χ1v) is 10.2. The van der Waals surface area contributed by atoms with Gasteiger partial charge in [-0.25, -0.2) is 4.39 Å². The Labute approximate surface area is 179 Å². The van der Waals surface area contributed by atoms with Crippen LogP contribution in [0.5, 0.6) is 0 Å². The fraction of sp³-hybridized carbons (Fsp3) is 0.200. The molecule has 1 unspecified atom stereocenters. The van der Waals surface area contributed by atoms with E-state index in [1.807, 2.05) is 30.3 Å². The highest BCUT2D eigenvalue weighted by Crippen LogP contribution is 2.31. The van der Waals surface area contributed by atoms with Gasteiger partial charge in [0, 0.05) is 34.0 Å². The van der Waals surface area contributed by atoms with E-state index in [1.54, 1.807) is 0 Å². The monoisotopic (exact) mass is 418 g/mol. The summed E-state index contributed by atoms with van der Waals surface area (Å²) in [6, 6.07) is 19.5. The lowest BCUT2D eigenvalue weighted by molar-refractivity contribution is -0.152. The maximum absolute atomic E-state index is 13.0. The standard InChI is InChI=1S/C25H23FN2O3/c1-3-28-22-7-5-4-6-20(22)21-15-19(12-13-23(21)28)27-25(30)16(2)31-24(29)14-17-8-10-18(26)11-9-17/h4-13,15-16H,3,14H2,1-2H3,(H,27,30). The molecule has 0 radical (unpaired) electrons. The van der Waals surface area contributed by atoms with Gasteiger partial charge in [-0.3, -0.25) is 9.59 Å². The average molecular weight is 418 g/mol. The summed E-state index contributed by atoms with van der Waals surface area (Å²) in [6.45, 7) is 4.47. The molecule has 0 aliphatic rings. The Balaban J connectivity index is 1.46. The van der Waals surface area contributed by atoms with Crippen LogP contribution in [0.1, 0.15) is 19.4 Å². The minimum absolute atomic E-state index is 0.0274. The van der Waals surface area contributed by atoms with Crippen LogP contribution in [-0.2, 0) is 27.3 Å². The molecule has 5 nitrogen and oxygen atoms in total. The molecule has 4 rings (SSSR count). The molecule has 6 heteroatoms. The third kappa shape index (κ3) is 4.28. The predicted molar refractivity (Wildman–Crippen MR) is 119 cm³/mol. The third-order valence-electron chi connectivity index (χ3n) is 5.30. The van der Waals surface area contributed by atoms with Gasteiger partial charge in [0.15, 0.2) is 6.10 Å². The number of ether oxygens (including phenoxy) is 1. The van der Waals surface area contributed by atoms with Gasteiger partial charge >= 0.3 is 5.97 Å². The van der Waals surface area contributed by atoms with Crippen LogP contribution in [0, 0.1) is 5.82 Å². The Morgan fingerprint density at radius 2 is 1.71 bits per heavy atom. The number of fused-ring (bicyclic) bond motifs is 3. The van der Waals surface area contributed by atoms with Crippen molar-refractivity contribution < 1.29 is 18.7 Å². The van der Waals surface area contributed by atoms with Gasteiger partial charge in [0.1, 0.15) is 5.82 Å². The first-order chi connectivity index (χ1) is 15.0. The molecular weight excluding hydrogens is 395 g/mol. The summed E-state index contributed by atoms with van der Waals surface area (Å²) >= 11 is 0. The predicted octanol–water partition coefficient (Wildman–Crippen LogP) is 5.07. The molecule has 0 aliphatic carbocycles. The zero-order valence-corrected chi connectivity index (χ0v) is 17.4. The third-order valence-corrected chi connectivity index (χ3v) is 5.30. The van der Waals surface area contributed by atoms with Crippen molar-refractivity contribution in [2.24, 2.45) is 0 Å². The molecule has 0 fully saturated rings. The van der Waals surface area contributed by atoms with Crippen LogP contribution in [0.4, 0.5) is 10.1 Å². The van der Waals surface area contributed by atoms with Crippen LogP contribution in [0.15, 0.2) is 66.7 Å². The van der Waals surface area contributed by atoms with Gasteiger partial charge < -0.3 is 14.6 Å². The van der Waals surface area contributed by atoms with Crippen LogP contribution in [0.2, 0.25) is 0 Å². The molecule has 31 heavy (non-hydrogen) atoms. The molecule has 1 heterocycles. The van der Waals surface area contributed by atoms with Crippen LogP contribution < -0.4 is 5.32 Å². The highest BCUT2D eigenvalue weighted by Gasteiger charge is 2.19. The number of rotatable bonds is 6. The Morgan fingerprint density at radius 3 is 2.45 bits per heavy atom. The second-order valence-electron chi connectivity index (χ2n) is 7.42. The van der Waals surface area contributed by atoms with Crippen molar-refractivity contribution in [2.75, 3.05) is 5.32 Å². The van der Waals surface area contributed by atoms with Crippen LogP contribution >= 0.6 is 0 Å². The topological polar surface area (TPSA) is 60.3 Å². The van der Waals surface area contributed by atoms with Crippen molar-refractivity contribution in [3.05, 3.63) is 78.1 Å². The highest BCUT2D eigenvalue weighted by atomic mass is 19.1. The Hall–Kier alpha value is -3.67. The summed E-state index contributed by atoms with van der Waals surface area (Å²) in [7, 11) is 0. The molecule has 3 aromatic carbocycles. The number of carbonyl (C=O) groups is 2. The number of anilines is 1. The minimum Gasteiger partial charge on any atom is -0.452 e. The maximum atomic E-state index is 13.0. The summed E-state index contributed by atoms with van der Waals surface area (Å²) in [5, 5.41) is 5.00. The lowest BCUT2D eigenvalue weighted by Crippen LogP contribution is -2.30. The molecule has 4 aromatic rings. The quantitative estimate of drug-likeness (QED) is 0.445. The molecular formula is C25H23FN2O3. The van der Waals surface area contributed by atoms with Gasteiger partial charge in [0.2, 0.25) is 0 Å². The Morgan fingerprint density at radius 1 is 1.00 bits per heavy atom. The second-order valence-corrected chi connectivity index (χ2v) is 7.42. The van der Waals surface area contributed by atoms with E-state index in [0.29, 0.717) is 11.3 Å². The number of hydrogen-bond donors (Lipinski definition) is 1. The summed E-state index contributed by atoms with van der Waals surface area (Å²) in [5.41, 5.74) is 3.50. The summed E-state index contributed by atoms with van der Waals surface area (Å²) in [6.07, 6.45) is -0.985. The summed E-state index contributed by atoms with van der Waals surface area (Å²) in [4.78, 5) is 24.7. The second kappa shape index (κ2) is 8.60. The Kier molecular flexibility index (Phi) is 5.71. The number of esters is 1. The van der Waals surface area contributed by atoms with E-state index >= 15 is 0 Å². The van der Waals surface area contributed by atoms with E-state index in [4.69, 9.17) is 4.74 Å². The van der Waals surface area contributed by atoms with Gasteiger partial charge in [0.25, 0.3) is 5.91 Å². The van der Waals surface area contributed by atoms with Gasteiger partial charge in [-0.2, -0.15) is 0 Å². The fourth-order valence-electron chi connectivity index (χ4n) is 3.78. The van der Waals surface area contributed by atoms with E-state index in [1.165, 1.54) is 31.2 Å². The van der Waals surface area contributed by atoms with Crippen LogP contribution in [-0.4, -0.2) is 22.5 Å². The number of nitrogens with zero attached hydrogens (tertiary/aromatic N) is 1. The summed E-state index contributed by atoms with van der Waals surface area (Å²) in [5.74, 6) is -1.33. The van der Waals surface area contributed by atoms with Crippen molar-refractivity contribution in [3.8, 4) is 0 Å². The Bertz CT molecular complexity index is 1260. The first-order valence-electron chi connectivity index (χ1n) is 10.2. The van der Waals surface area contributed by atoms with Gasteiger partial charge in [-0.05, 0) is 55.8 Å². The first kappa shape index (κ1) is 20.6. The van der Waals surface area contributed by atoms with Crippen LogP contribution in [0.25, 0.3) is 21.8 Å². The van der Waals surface area contributed by atoms with Crippen molar-refractivity contribution >= 4 is 39.4 Å². The van der Waals surface area contributed by atoms with Crippen LogP contribution in [0.3, 0.4) is 0 Å². The van der Waals surface area contributed by atoms with E-state index in [9.17, 15) is 14.0 Å². The molecule has 1 N–H and O–H groups in total. The molecule has 1 aromatic heterocycles. The molecule has 158 valence electrons. The largest absolute Gasteiger partial charge is 0.452 e. The number of hydrogen-bond acceptors (Lipinski definition) is 3. The average Bonchev–Trinajstić information content (AvgIpc) is 3.08. The smallest absolute Gasteiger partial charge is 0.311 e. The number of aryl methyl sites for hydroxylation is 1. The molecule has 1 atom stereocenters. The minimum atomic E-state index is -0.958. The lowest BCUT2D eigenvalue weighted by Gasteiger charge is -2.14. The highest BCUT2D eigenvalue weighted by molar-refractivity contribution is 6.10. The number of benzene rings is 3. The van der Waals surface area contributed by atoms with Gasteiger partial charge in [0.05, 0.1) is 6.42 Å². The molecule has 1 amide bonds. The van der Waals surface area contributed by atoms with Crippen molar-refractivity contribution in [1.29, 1.82) is 0 Å². The molecule has 0 bridgehead atoms. The number of carbonyl (C=O) groups excluding carboxylic acids is 2. The SMILES string of the molecule is CCn1c2ccccc2c2cc(NC(=O)C(C)OC(=O)Cc3ccc(F)cc3)ccc21. The lowest BCUT2D eigenvalue weighted by atomic mass is 10.1. The van der Waals surface area contributed by atoms with Crippen molar-refractivity contribution in [3.63, 3.8) is 0 Å². The van der Waals surface area contributed by atoms with E-state index in [2.05, 4.69) is 28.9 Å². The van der Waals surface area contributed by atoms with Crippen molar-refractivity contribution in [2.45, 2.75) is 32.9 Å². The van der Waals surface area contributed by atoms with E-state index in [0.717, 1.165) is 28.4 Å². The number of para-hydroxylation sites is 1. The van der Waals surface area contributed by atoms with Gasteiger partial charge in [-0.15, -0.1) is 0 Å². The van der Waals surface area contributed by atoms with E-state index in [-0.39, 0.29) is 12.2 Å². The fourth-order valence-corrected chi connectivity index (χ4v) is 3.78. The molecule has 0 aliphatic heterocycles. The van der Waals surface area contributed by atoms with Gasteiger partial charge in [-0.1, -0.05) is 30.3 Å².